The highest BCUT2D eigenvalue weighted by atomic mass is 35.5. The smallest absolute Gasteiger partial charge is 0.337 e. The van der Waals surface area contributed by atoms with Crippen LogP contribution in [0.25, 0.3) is 6.08 Å². The molecule has 0 atom stereocenters. The number of hydrogen-bond donors (Lipinski definition) is 1. The molecule has 3 aromatic carbocycles. The Hall–Kier alpha value is -5.03. The third-order valence-electron chi connectivity index (χ3n) is 5.46. The van der Waals surface area contributed by atoms with Gasteiger partial charge in [-0.25, -0.2) is 14.5 Å². The fraction of sp³-hybridized carbons (Fsp3) is 0.0769. The lowest BCUT2D eigenvalue weighted by Gasteiger charge is -2.26. The maximum Gasteiger partial charge on any atom is 0.337 e. The van der Waals surface area contributed by atoms with Crippen molar-refractivity contribution in [3.05, 3.63) is 104 Å². The molecule has 4 rings (SSSR count). The van der Waals surface area contributed by atoms with E-state index in [2.05, 4.69) is 10.1 Å². The average Bonchev–Trinajstić information content (AvgIpc) is 2.90. The van der Waals surface area contributed by atoms with Crippen LogP contribution in [-0.2, 0) is 20.9 Å². The molecule has 0 unspecified atom stereocenters. The molecule has 1 saturated heterocycles. The Morgan fingerprint density at radius 1 is 1.05 bits per heavy atom. The predicted octanol–water partition coefficient (Wildman–Crippen LogP) is 4.28. The minimum absolute atomic E-state index is 0.0348. The van der Waals surface area contributed by atoms with Crippen LogP contribution in [0.4, 0.5) is 16.2 Å². The van der Waals surface area contributed by atoms with Crippen LogP contribution < -0.4 is 15.0 Å². The highest BCUT2D eigenvalue weighted by Gasteiger charge is 2.37. The molecule has 1 N–H and O–H groups in total. The van der Waals surface area contributed by atoms with Crippen LogP contribution in [0.5, 0.6) is 5.75 Å². The number of benzene rings is 3. The van der Waals surface area contributed by atoms with Crippen molar-refractivity contribution in [2.45, 2.75) is 6.61 Å². The number of urea groups is 1. The van der Waals surface area contributed by atoms with Gasteiger partial charge in [0.15, 0.2) is 0 Å². The first-order valence-electron chi connectivity index (χ1n) is 10.9. The number of carbonyl (C=O) groups excluding carboxylic acids is 4. The molecule has 192 valence electrons. The molecule has 3 aromatic rings. The number of amides is 4. The van der Waals surface area contributed by atoms with Gasteiger partial charge < -0.3 is 9.47 Å². The number of rotatable bonds is 7. The molecule has 0 aliphatic carbocycles. The van der Waals surface area contributed by atoms with E-state index in [1.54, 1.807) is 24.3 Å². The highest BCUT2D eigenvalue weighted by molar-refractivity contribution is 6.39. The molecule has 1 aliphatic heterocycles. The first kappa shape index (κ1) is 26.0. The van der Waals surface area contributed by atoms with Gasteiger partial charge in [-0.1, -0.05) is 11.6 Å². The van der Waals surface area contributed by atoms with Crippen LogP contribution in [0.15, 0.2) is 72.3 Å². The summed E-state index contributed by atoms with van der Waals surface area (Å²) in [7, 11) is 1.22. The van der Waals surface area contributed by atoms with Gasteiger partial charge in [0.05, 0.1) is 23.3 Å². The maximum atomic E-state index is 13.2. The van der Waals surface area contributed by atoms with Gasteiger partial charge >= 0.3 is 12.0 Å². The summed E-state index contributed by atoms with van der Waals surface area (Å²) in [5, 5.41) is 13.3. The van der Waals surface area contributed by atoms with E-state index in [9.17, 15) is 29.3 Å². The largest absolute Gasteiger partial charge is 0.488 e. The number of nitrogens with one attached hydrogen (secondary N) is 1. The number of non-ortho nitro benzene ring substituents is 1. The zero-order valence-corrected chi connectivity index (χ0v) is 20.4. The third-order valence-corrected chi connectivity index (χ3v) is 5.70. The van der Waals surface area contributed by atoms with Gasteiger partial charge in [-0.15, -0.1) is 0 Å². The van der Waals surface area contributed by atoms with Crippen LogP contribution >= 0.6 is 11.6 Å². The molecule has 0 aromatic heterocycles. The summed E-state index contributed by atoms with van der Waals surface area (Å²) < 4.78 is 10.5. The van der Waals surface area contributed by atoms with Crippen molar-refractivity contribution < 1.29 is 33.6 Å². The Balaban J connectivity index is 1.62. The lowest BCUT2D eigenvalue weighted by Crippen LogP contribution is -2.54. The lowest BCUT2D eigenvalue weighted by atomic mass is 10.1. The molecule has 0 spiro atoms. The van der Waals surface area contributed by atoms with E-state index in [0.29, 0.717) is 10.6 Å². The van der Waals surface area contributed by atoms with Gasteiger partial charge in [-0.2, -0.15) is 0 Å². The van der Waals surface area contributed by atoms with Gasteiger partial charge in [0.2, 0.25) is 0 Å². The van der Waals surface area contributed by atoms with E-state index in [0.717, 1.165) is 4.90 Å². The number of nitrogens with zero attached hydrogens (tertiary/aromatic N) is 2. The Kier molecular flexibility index (Phi) is 7.49. The summed E-state index contributed by atoms with van der Waals surface area (Å²) in [6, 6.07) is 14.9. The predicted molar refractivity (Wildman–Crippen MR) is 136 cm³/mol. The zero-order valence-electron chi connectivity index (χ0n) is 19.7. The van der Waals surface area contributed by atoms with E-state index < -0.39 is 28.7 Å². The molecule has 0 bridgehead atoms. The van der Waals surface area contributed by atoms with Crippen LogP contribution in [0, 0.1) is 10.1 Å². The summed E-state index contributed by atoms with van der Waals surface area (Å²) in [4.78, 5) is 61.1. The van der Waals surface area contributed by atoms with Gasteiger partial charge in [0, 0.05) is 22.7 Å². The molecular weight excluding hydrogens is 518 g/mol. The standard InChI is InChI=1S/C26H18ClN3O8/c1-37-25(33)16-4-9-19(10-5-16)29-24(32)21(23(31)28-26(29)34)13-17-12-18(27)6-11-22(17)38-14-15-2-7-20(8-3-15)30(35)36/h2-13H,14H2,1H3,(H,28,31,34)/b21-13+. The normalized spacial score (nSPS) is 14.3. The Morgan fingerprint density at radius 3 is 2.37 bits per heavy atom. The number of hydrogen-bond acceptors (Lipinski definition) is 8. The molecular formula is C26H18ClN3O8. The summed E-state index contributed by atoms with van der Waals surface area (Å²) in [5.74, 6) is -2.13. The van der Waals surface area contributed by atoms with Crippen molar-refractivity contribution in [1.29, 1.82) is 0 Å². The first-order valence-corrected chi connectivity index (χ1v) is 11.3. The first-order chi connectivity index (χ1) is 18.2. The number of halogens is 1. The SMILES string of the molecule is COC(=O)c1ccc(N2C(=O)NC(=O)/C(=C\c3cc(Cl)ccc3OCc3ccc([N+](=O)[O-])cc3)C2=O)cc1. The van der Waals surface area contributed by atoms with E-state index >= 15 is 0 Å². The molecule has 1 heterocycles. The van der Waals surface area contributed by atoms with Gasteiger partial charge in [-0.05, 0) is 66.2 Å². The number of nitro groups is 1. The van der Waals surface area contributed by atoms with Crippen LogP contribution in [0.1, 0.15) is 21.5 Å². The quantitative estimate of drug-likeness (QED) is 0.155. The minimum atomic E-state index is -0.955. The number of methoxy groups -OCH3 is 1. The van der Waals surface area contributed by atoms with Crippen LogP contribution in [0.3, 0.4) is 0 Å². The van der Waals surface area contributed by atoms with E-state index in [4.69, 9.17) is 16.3 Å². The number of ether oxygens (including phenoxy) is 2. The van der Waals surface area contributed by atoms with Crippen molar-refractivity contribution in [2.75, 3.05) is 12.0 Å². The molecule has 38 heavy (non-hydrogen) atoms. The van der Waals surface area contributed by atoms with E-state index in [-0.39, 0.29) is 40.4 Å². The average molecular weight is 536 g/mol. The monoisotopic (exact) mass is 535 g/mol. The van der Waals surface area contributed by atoms with Crippen LogP contribution in [-0.4, -0.2) is 35.8 Å². The summed E-state index contributed by atoms with van der Waals surface area (Å²) in [6.45, 7) is 0.0348. The number of anilines is 1. The number of barbiturate groups is 1. The molecule has 12 heteroatoms. The molecule has 0 saturated carbocycles. The second-order valence-electron chi connectivity index (χ2n) is 7.89. The second kappa shape index (κ2) is 10.9. The zero-order chi connectivity index (χ0) is 27.4. The maximum absolute atomic E-state index is 13.2. The van der Waals surface area contributed by atoms with Crippen molar-refractivity contribution >= 4 is 52.9 Å². The minimum Gasteiger partial charge on any atom is -0.488 e. The summed E-state index contributed by atoms with van der Waals surface area (Å²) >= 11 is 6.14. The number of esters is 1. The lowest BCUT2D eigenvalue weighted by molar-refractivity contribution is -0.384. The number of carbonyl (C=O) groups is 4. The molecule has 1 aliphatic rings. The van der Waals surface area contributed by atoms with E-state index in [1.165, 1.54) is 55.7 Å². The van der Waals surface area contributed by atoms with Crippen molar-refractivity contribution in [3.63, 3.8) is 0 Å². The fourth-order valence-corrected chi connectivity index (χ4v) is 3.73. The Morgan fingerprint density at radius 2 is 1.74 bits per heavy atom. The third kappa shape index (κ3) is 5.52. The summed E-state index contributed by atoms with van der Waals surface area (Å²) in [5.41, 5.74) is 0.840. The van der Waals surface area contributed by atoms with Gasteiger partial charge in [-0.3, -0.25) is 25.0 Å². The van der Waals surface area contributed by atoms with Gasteiger partial charge in [0.1, 0.15) is 17.9 Å². The van der Waals surface area contributed by atoms with E-state index in [1.807, 2.05) is 0 Å². The highest BCUT2D eigenvalue weighted by Crippen LogP contribution is 2.29. The topological polar surface area (TPSA) is 145 Å². The van der Waals surface area contributed by atoms with Gasteiger partial charge in [0.25, 0.3) is 17.5 Å². The molecule has 1 fully saturated rings. The summed E-state index contributed by atoms with van der Waals surface area (Å²) in [6.07, 6.45) is 1.25. The van der Waals surface area contributed by atoms with Crippen molar-refractivity contribution in [1.82, 2.24) is 5.32 Å². The number of nitro benzene ring substituents is 1. The molecule has 4 amide bonds. The van der Waals surface area contributed by atoms with Crippen molar-refractivity contribution in [3.8, 4) is 5.75 Å². The molecule has 0 radical (unpaired) electrons. The van der Waals surface area contributed by atoms with Crippen LogP contribution in [0.2, 0.25) is 5.02 Å². The second-order valence-corrected chi connectivity index (χ2v) is 8.33. The Labute approximate surface area is 220 Å². The fourth-order valence-electron chi connectivity index (χ4n) is 3.55. The van der Waals surface area contributed by atoms with Crippen molar-refractivity contribution in [2.24, 2.45) is 0 Å². The molecule has 11 nitrogen and oxygen atoms in total. The Bertz CT molecular complexity index is 1480. The number of imide groups is 2.